The van der Waals surface area contributed by atoms with E-state index in [9.17, 15) is 4.39 Å². The first-order valence-corrected chi connectivity index (χ1v) is 6.21. The Hall–Kier alpha value is -1.33. The van der Waals surface area contributed by atoms with Gasteiger partial charge in [0.05, 0.1) is 12.3 Å². The molecule has 1 unspecified atom stereocenters. The van der Waals surface area contributed by atoms with Gasteiger partial charge in [0.1, 0.15) is 12.7 Å². The molecule has 1 heterocycles. The Balaban J connectivity index is 1.91. The zero-order valence-corrected chi connectivity index (χ0v) is 10.6. The molecule has 0 bridgehead atoms. The largest absolute Gasteiger partial charge is 0.486 e. The quantitative estimate of drug-likeness (QED) is 0.827. The lowest BCUT2D eigenvalue weighted by Gasteiger charge is -2.31. The van der Waals surface area contributed by atoms with Gasteiger partial charge in [0.2, 0.25) is 0 Å². The van der Waals surface area contributed by atoms with Crippen molar-refractivity contribution in [3.05, 3.63) is 24.0 Å². The summed E-state index contributed by atoms with van der Waals surface area (Å²) in [5, 5.41) is 0. The van der Waals surface area contributed by atoms with Crippen LogP contribution in [0.5, 0.6) is 5.75 Å². The van der Waals surface area contributed by atoms with Crippen molar-refractivity contribution in [2.24, 2.45) is 0 Å². The van der Waals surface area contributed by atoms with E-state index in [0.717, 1.165) is 19.6 Å². The minimum atomic E-state index is -0.432. The molecule has 5 heteroatoms. The molecular weight excluding hydrogens is 235 g/mol. The molecule has 0 spiro atoms. The molecule has 4 nitrogen and oxygen atoms in total. The number of likely N-dealkylation sites (N-methyl/N-ethyl adjacent to an activating group) is 1. The Labute approximate surface area is 106 Å². The average molecular weight is 254 g/mol. The Morgan fingerprint density at radius 2 is 2.39 bits per heavy atom. The highest BCUT2D eigenvalue weighted by atomic mass is 19.1. The van der Waals surface area contributed by atoms with Crippen LogP contribution in [0.25, 0.3) is 0 Å². The van der Waals surface area contributed by atoms with Gasteiger partial charge in [-0.05, 0) is 18.7 Å². The smallest absolute Gasteiger partial charge is 0.177 e. The predicted octanol–water partition coefficient (Wildman–Crippen LogP) is 1.51. The third-order valence-corrected chi connectivity index (χ3v) is 3.08. The van der Waals surface area contributed by atoms with Crippen molar-refractivity contribution in [1.82, 2.24) is 4.90 Å². The van der Waals surface area contributed by atoms with Crippen LogP contribution in [-0.2, 0) is 4.74 Å². The molecule has 2 rings (SSSR count). The normalized spacial score (nSPS) is 20.9. The third kappa shape index (κ3) is 3.11. The van der Waals surface area contributed by atoms with Crippen molar-refractivity contribution in [1.29, 1.82) is 0 Å². The molecule has 0 saturated carbocycles. The molecule has 1 atom stereocenters. The standard InChI is InChI=1S/C13H19FN2O2/c1-2-16-6-7-17-10(8-16)9-18-13-11(14)4-3-5-12(13)15/h3-5,10H,2,6-9,15H2,1H3. The van der Waals surface area contributed by atoms with Gasteiger partial charge in [-0.1, -0.05) is 13.0 Å². The lowest BCUT2D eigenvalue weighted by molar-refractivity contribution is -0.0467. The molecule has 1 aliphatic rings. The van der Waals surface area contributed by atoms with Gasteiger partial charge in [0.25, 0.3) is 0 Å². The fourth-order valence-electron chi connectivity index (χ4n) is 2.02. The summed E-state index contributed by atoms with van der Waals surface area (Å²) in [6, 6.07) is 4.53. The number of morpholine rings is 1. The number of halogens is 1. The second-order valence-electron chi connectivity index (χ2n) is 4.36. The first-order valence-electron chi connectivity index (χ1n) is 6.21. The number of nitrogens with zero attached hydrogens (tertiary/aromatic N) is 1. The second kappa shape index (κ2) is 6.02. The van der Waals surface area contributed by atoms with Crippen molar-refractivity contribution < 1.29 is 13.9 Å². The van der Waals surface area contributed by atoms with Gasteiger partial charge in [0, 0.05) is 13.1 Å². The highest BCUT2D eigenvalue weighted by molar-refractivity contribution is 5.52. The van der Waals surface area contributed by atoms with Gasteiger partial charge in [-0.25, -0.2) is 4.39 Å². The monoisotopic (exact) mass is 254 g/mol. The molecule has 0 aliphatic carbocycles. The van der Waals surface area contributed by atoms with E-state index in [1.54, 1.807) is 12.1 Å². The van der Waals surface area contributed by atoms with Crippen LogP contribution in [0.4, 0.5) is 10.1 Å². The van der Waals surface area contributed by atoms with E-state index in [2.05, 4.69) is 11.8 Å². The summed E-state index contributed by atoms with van der Waals surface area (Å²) in [5.74, 6) is -0.312. The summed E-state index contributed by atoms with van der Waals surface area (Å²) < 4.78 is 24.5. The molecule has 2 N–H and O–H groups in total. The summed E-state index contributed by atoms with van der Waals surface area (Å²) in [7, 11) is 0. The molecular formula is C13H19FN2O2. The third-order valence-electron chi connectivity index (χ3n) is 3.08. The number of hydrogen-bond acceptors (Lipinski definition) is 4. The maximum atomic E-state index is 13.5. The van der Waals surface area contributed by atoms with E-state index in [1.807, 2.05) is 0 Å². The summed E-state index contributed by atoms with van der Waals surface area (Å²) in [6.45, 7) is 5.86. The van der Waals surface area contributed by atoms with Gasteiger partial charge in [-0.2, -0.15) is 0 Å². The molecule has 1 aromatic carbocycles. The van der Waals surface area contributed by atoms with Crippen LogP contribution >= 0.6 is 0 Å². The lowest BCUT2D eigenvalue weighted by Crippen LogP contribution is -2.44. The second-order valence-corrected chi connectivity index (χ2v) is 4.36. The number of nitrogen functional groups attached to an aromatic ring is 1. The number of benzene rings is 1. The van der Waals surface area contributed by atoms with Crippen molar-refractivity contribution in [2.45, 2.75) is 13.0 Å². The molecule has 1 fully saturated rings. The molecule has 100 valence electrons. The first kappa shape index (κ1) is 13.1. The number of anilines is 1. The van der Waals surface area contributed by atoms with Crippen LogP contribution in [0.1, 0.15) is 6.92 Å². The molecule has 0 amide bonds. The number of nitrogens with two attached hydrogens (primary N) is 1. The van der Waals surface area contributed by atoms with Crippen LogP contribution in [0.2, 0.25) is 0 Å². The Kier molecular flexibility index (Phi) is 4.38. The van der Waals surface area contributed by atoms with Crippen LogP contribution in [-0.4, -0.2) is 43.9 Å². The van der Waals surface area contributed by atoms with Crippen molar-refractivity contribution in [2.75, 3.05) is 38.6 Å². The van der Waals surface area contributed by atoms with E-state index in [-0.39, 0.29) is 11.9 Å². The maximum Gasteiger partial charge on any atom is 0.177 e. The highest BCUT2D eigenvalue weighted by Crippen LogP contribution is 2.25. The van der Waals surface area contributed by atoms with E-state index in [1.165, 1.54) is 6.07 Å². The summed E-state index contributed by atoms with van der Waals surface area (Å²) >= 11 is 0. The van der Waals surface area contributed by atoms with Crippen LogP contribution < -0.4 is 10.5 Å². The molecule has 18 heavy (non-hydrogen) atoms. The Morgan fingerprint density at radius 3 is 3.11 bits per heavy atom. The zero-order valence-electron chi connectivity index (χ0n) is 10.6. The predicted molar refractivity (Wildman–Crippen MR) is 68.2 cm³/mol. The molecule has 1 aliphatic heterocycles. The first-order chi connectivity index (χ1) is 8.70. The zero-order chi connectivity index (χ0) is 13.0. The van der Waals surface area contributed by atoms with Gasteiger partial charge < -0.3 is 15.2 Å². The summed E-state index contributed by atoms with van der Waals surface area (Å²) in [4.78, 5) is 2.28. The Bertz CT molecular complexity index is 380. The van der Waals surface area contributed by atoms with Gasteiger partial charge >= 0.3 is 0 Å². The van der Waals surface area contributed by atoms with E-state index in [0.29, 0.717) is 18.9 Å². The molecule has 1 aromatic rings. The van der Waals surface area contributed by atoms with Crippen molar-refractivity contribution in [3.8, 4) is 5.75 Å². The highest BCUT2D eigenvalue weighted by Gasteiger charge is 2.20. The maximum absolute atomic E-state index is 13.5. The lowest BCUT2D eigenvalue weighted by atomic mass is 10.2. The fourth-order valence-corrected chi connectivity index (χ4v) is 2.02. The van der Waals surface area contributed by atoms with Crippen molar-refractivity contribution in [3.63, 3.8) is 0 Å². The van der Waals surface area contributed by atoms with E-state index < -0.39 is 5.82 Å². The number of rotatable bonds is 4. The number of hydrogen-bond donors (Lipinski definition) is 1. The van der Waals surface area contributed by atoms with Gasteiger partial charge in [-0.15, -0.1) is 0 Å². The van der Waals surface area contributed by atoms with Crippen molar-refractivity contribution >= 4 is 5.69 Å². The van der Waals surface area contributed by atoms with Gasteiger partial charge in [-0.3, -0.25) is 4.90 Å². The van der Waals surface area contributed by atoms with Crippen LogP contribution in [0.15, 0.2) is 18.2 Å². The molecule has 0 radical (unpaired) electrons. The average Bonchev–Trinajstić information content (AvgIpc) is 2.38. The summed E-state index contributed by atoms with van der Waals surface area (Å²) in [5.41, 5.74) is 5.99. The van der Waals surface area contributed by atoms with E-state index in [4.69, 9.17) is 15.2 Å². The van der Waals surface area contributed by atoms with Gasteiger partial charge in [0.15, 0.2) is 11.6 Å². The Morgan fingerprint density at radius 1 is 1.56 bits per heavy atom. The minimum absolute atomic E-state index is 0.0299. The van der Waals surface area contributed by atoms with E-state index >= 15 is 0 Å². The minimum Gasteiger partial charge on any atom is -0.486 e. The number of para-hydroxylation sites is 1. The van der Waals surface area contributed by atoms with Crippen LogP contribution in [0, 0.1) is 5.82 Å². The SMILES string of the molecule is CCN1CCOC(COc2c(N)cccc2F)C1. The molecule has 0 aromatic heterocycles. The topological polar surface area (TPSA) is 47.7 Å². The fraction of sp³-hybridized carbons (Fsp3) is 0.538. The molecule has 1 saturated heterocycles. The number of ether oxygens (including phenoxy) is 2. The summed E-state index contributed by atoms with van der Waals surface area (Å²) in [6.07, 6.45) is -0.0299. The van der Waals surface area contributed by atoms with Crippen LogP contribution in [0.3, 0.4) is 0 Å².